The lowest BCUT2D eigenvalue weighted by atomic mass is 9.90. The summed E-state index contributed by atoms with van der Waals surface area (Å²) < 4.78 is 14.2. The minimum atomic E-state index is -1.10. The first-order valence-electron chi connectivity index (χ1n) is 4.90. The average molecular weight is 172 g/mol. The van der Waals surface area contributed by atoms with E-state index in [0.29, 0.717) is 0 Å². The molecule has 1 saturated heterocycles. The summed E-state index contributed by atoms with van der Waals surface area (Å²) in [4.78, 5) is 0. The van der Waals surface area contributed by atoms with Gasteiger partial charge in [-0.25, -0.2) is 4.39 Å². The number of nitrogens with one attached hydrogen (secondary N) is 1. The topological polar surface area (TPSA) is 38.0 Å². The second-order valence-electron chi connectivity index (χ2n) is 4.05. The number of halogens is 1. The van der Waals surface area contributed by atoms with E-state index in [9.17, 15) is 4.39 Å². The van der Waals surface area contributed by atoms with Crippen LogP contribution in [0.25, 0.3) is 0 Å². The third kappa shape index (κ3) is 1.25. The van der Waals surface area contributed by atoms with E-state index in [-0.39, 0.29) is 18.5 Å². The van der Waals surface area contributed by atoms with Gasteiger partial charge < -0.3 is 11.1 Å². The Morgan fingerprint density at radius 3 is 2.58 bits per heavy atom. The molecule has 2 atom stereocenters. The molecule has 2 nitrogen and oxygen atoms in total. The summed E-state index contributed by atoms with van der Waals surface area (Å²) in [6.07, 6.45) is 4.13. The molecule has 2 fully saturated rings. The van der Waals surface area contributed by atoms with Crippen LogP contribution in [0.5, 0.6) is 0 Å². The van der Waals surface area contributed by atoms with E-state index in [1.807, 2.05) is 0 Å². The van der Waals surface area contributed by atoms with E-state index in [2.05, 4.69) is 5.32 Å². The zero-order valence-corrected chi connectivity index (χ0v) is 7.35. The van der Waals surface area contributed by atoms with Crippen LogP contribution in [-0.4, -0.2) is 24.8 Å². The van der Waals surface area contributed by atoms with Gasteiger partial charge in [0.1, 0.15) is 5.67 Å². The standard InChI is InChI=1S/C9H17FN2/c10-9(6-11,7-3-4-7)8-2-1-5-12-8/h7-8,12H,1-6,11H2. The molecule has 0 aromatic carbocycles. The van der Waals surface area contributed by atoms with Crippen molar-refractivity contribution in [2.45, 2.75) is 37.4 Å². The SMILES string of the molecule is NCC(F)(C1CC1)C1CCCN1. The fourth-order valence-electron chi connectivity index (χ4n) is 2.25. The van der Waals surface area contributed by atoms with Gasteiger partial charge in [0.15, 0.2) is 0 Å². The predicted octanol–water partition coefficient (Wildman–Crippen LogP) is 0.815. The maximum atomic E-state index is 14.2. The first kappa shape index (κ1) is 8.45. The molecule has 0 spiro atoms. The molecule has 0 aromatic rings. The summed E-state index contributed by atoms with van der Waals surface area (Å²) >= 11 is 0. The predicted molar refractivity (Wildman–Crippen MR) is 46.6 cm³/mol. The summed E-state index contributed by atoms with van der Waals surface area (Å²) in [5.41, 5.74) is 4.41. The molecule has 12 heavy (non-hydrogen) atoms. The van der Waals surface area contributed by atoms with Crippen molar-refractivity contribution in [1.29, 1.82) is 0 Å². The number of nitrogens with two attached hydrogens (primary N) is 1. The lowest BCUT2D eigenvalue weighted by molar-refractivity contribution is 0.0965. The molecule has 0 aromatic heterocycles. The van der Waals surface area contributed by atoms with Crippen LogP contribution in [0.3, 0.4) is 0 Å². The Bertz CT molecular complexity index is 164. The molecular weight excluding hydrogens is 155 g/mol. The molecule has 0 radical (unpaired) electrons. The fraction of sp³-hybridized carbons (Fsp3) is 1.00. The van der Waals surface area contributed by atoms with Crippen molar-refractivity contribution in [2.75, 3.05) is 13.1 Å². The van der Waals surface area contributed by atoms with Crippen LogP contribution in [0.4, 0.5) is 4.39 Å². The Hall–Kier alpha value is -0.150. The van der Waals surface area contributed by atoms with E-state index < -0.39 is 5.67 Å². The molecule has 1 aliphatic heterocycles. The van der Waals surface area contributed by atoms with Gasteiger partial charge in [-0.1, -0.05) is 0 Å². The van der Waals surface area contributed by atoms with Gasteiger partial charge in [-0.2, -0.15) is 0 Å². The van der Waals surface area contributed by atoms with Crippen LogP contribution in [0.15, 0.2) is 0 Å². The Balaban J connectivity index is 2.03. The quantitative estimate of drug-likeness (QED) is 0.661. The maximum Gasteiger partial charge on any atom is 0.141 e. The largest absolute Gasteiger partial charge is 0.327 e. The van der Waals surface area contributed by atoms with Crippen LogP contribution >= 0.6 is 0 Å². The highest BCUT2D eigenvalue weighted by atomic mass is 19.1. The van der Waals surface area contributed by atoms with Crippen LogP contribution in [0.2, 0.25) is 0 Å². The van der Waals surface area contributed by atoms with E-state index in [0.717, 1.165) is 32.2 Å². The van der Waals surface area contributed by atoms with Gasteiger partial charge in [0, 0.05) is 12.6 Å². The van der Waals surface area contributed by atoms with Crippen LogP contribution in [-0.2, 0) is 0 Å². The third-order valence-electron chi connectivity index (χ3n) is 3.21. The van der Waals surface area contributed by atoms with Gasteiger partial charge >= 0.3 is 0 Å². The van der Waals surface area contributed by atoms with Crippen molar-refractivity contribution in [1.82, 2.24) is 5.32 Å². The van der Waals surface area contributed by atoms with E-state index in [1.54, 1.807) is 0 Å². The van der Waals surface area contributed by atoms with Crippen LogP contribution in [0.1, 0.15) is 25.7 Å². The minimum Gasteiger partial charge on any atom is -0.327 e. The zero-order chi connectivity index (χ0) is 8.60. The number of alkyl halides is 1. The molecule has 3 heteroatoms. The highest BCUT2D eigenvalue weighted by Gasteiger charge is 2.50. The highest BCUT2D eigenvalue weighted by molar-refractivity contribution is 5.05. The Morgan fingerprint density at radius 2 is 2.17 bits per heavy atom. The fourth-order valence-corrected chi connectivity index (χ4v) is 2.25. The monoisotopic (exact) mass is 172 g/mol. The third-order valence-corrected chi connectivity index (χ3v) is 3.21. The zero-order valence-electron chi connectivity index (χ0n) is 7.35. The molecular formula is C9H17FN2. The Morgan fingerprint density at radius 1 is 1.42 bits per heavy atom. The van der Waals surface area contributed by atoms with E-state index in [1.165, 1.54) is 0 Å². The molecule has 2 aliphatic rings. The summed E-state index contributed by atoms with van der Waals surface area (Å²) in [7, 11) is 0. The van der Waals surface area contributed by atoms with Crippen LogP contribution < -0.4 is 11.1 Å². The Labute approximate surface area is 72.7 Å². The van der Waals surface area contributed by atoms with Crippen molar-refractivity contribution in [3.05, 3.63) is 0 Å². The smallest absolute Gasteiger partial charge is 0.141 e. The maximum absolute atomic E-state index is 14.2. The minimum absolute atomic E-state index is 0.0370. The first-order valence-corrected chi connectivity index (χ1v) is 4.90. The van der Waals surface area contributed by atoms with Gasteiger partial charge in [0.05, 0.1) is 0 Å². The summed E-state index contributed by atoms with van der Waals surface area (Å²) in [6, 6.07) is 0.0370. The van der Waals surface area contributed by atoms with Gasteiger partial charge in [-0.05, 0) is 38.1 Å². The van der Waals surface area contributed by atoms with Crippen LogP contribution in [0, 0.1) is 5.92 Å². The number of hydrogen-bond donors (Lipinski definition) is 2. The van der Waals surface area contributed by atoms with Crippen molar-refractivity contribution in [3.63, 3.8) is 0 Å². The molecule has 0 amide bonds. The van der Waals surface area contributed by atoms with Gasteiger partial charge in [-0.3, -0.25) is 0 Å². The Kier molecular flexibility index (Phi) is 2.09. The van der Waals surface area contributed by atoms with Crippen molar-refractivity contribution >= 4 is 0 Å². The molecule has 1 aliphatic carbocycles. The molecule has 0 bridgehead atoms. The van der Waals surface area contributed by atoms with E-state index >= 15 is 0 Å². The van der Waals surface area contributed by atoms with Crippen molar-refractivity contribution < 1.29 is 4.39 Å². The lowest BCUT2D eigenvalue weighted by Crippen LogP contribution is -2.51. The molecule has 1 heterocycles. The first-order chi connectivity index (χ1) is 5.77. The van der Waals surface area contributed by atoms with Gasteiger partial charge in [0.25, 0.3) is 0 Å². The summed E-state index contributed by atoms with van der Waals surface area (Å²) in [5, 5.41) is 3.21. The van der Waals surface area contributed by atoms with Crippen molar-refractivity contribution in [3.8, 4) is 0 Å². The summed E-state index contributed by atoms with van der Waals surface area (Å²) in [5.74, 6) is 0.248. The van der Waals surface area contributed by atoms with Gasteiger partial charge in [0.2, 0.25) is 0 Å². The van der Waals surface area contributed by atoms with Gasteiger partial charge in [-0.15, -0.1) is 0 Å². The summed E-state index contributed by atoms with van der Waals surface area (Å²) in [6.45, 7) is 1.15. The highest BCUT2D eigenvalue weighted by Crippen LogP contribution is 2.45. The molecule has 2 unspecified atom stereocenters. The second kappa shape index (κ2) is 2.96. The molecule has 1 saturated carbocycles. The van der Waals surface area contributed by atoms with E-state index in [4.69, 9.17) is 5.73 Å². The number of rotatable bonds is 3. The average Bonchev–Trinajstić information content (AvgIpc) is 2.80. The molecule has 70 valence electrons. The van der Waals surface area contributed by atoms with Crippen molar-refractivity contribution in [2.24, 2.45) is 11.7 Å². The lowest BCUT2D eigenvalue weighted by Gasteiger charge is -2.30. The molecule has 2 rings (SSSR count). The normalized spacial score (nSPS) is 35.0. The second-order valence-corrected chi connectivity index (χ2v) is 4.05. The molecule has 3 N–H and O–H groups in total. The number of hydrogen-bond acceptors (Lipinski definition) is 2.